The zero-order chi connectivity index (χ0) is 16.4. The number of nitrogens with zero attached hydrogens (tertiary/aromatic N) is 2. The summed E-state index contributed by atoms with van der Waals surface area (Å²) in [5.41, 5.74) is 0.998. The molecule has 3 rings (SSSR count). The second kappa shape index (κ2) is 6.66. The van der Waals surface area contributed by atoms with Crippen LogP contribution in [0.15, 0.2) is 24.3 Å². The molecular weight excluding hydrogens is 312 g/mol. The van der Waals surface area contributed by atoms with Crippen LogP contribution < -0.4 is 0 Å². The molecule has 0 bridgehead atoms. The van der Waals surface area contributed by atoms with Gasteiger partial charge in [-0.2, -0.15) is 0 Å². The minimum Gasteiger partial charge on any atom is -0.480 e. The Hall–Kier alpha value is -1.95. The zero-order valence-electron chi connectivity index (χ0n) is 13.1. The van der Waals surface area contributed by atoms with Crippen molar-refractivity contribution in [3.05, 3.63) is 29.3 Å². The summed E-state index contributed by atoms with van der Waals surface area (Å²) in [6.07, 6.45) is 3.67. The number of carbonyl (C=O) groups is 2. The second-order valence-electron chi connectivity index (χ2n) is 5.98. The molecule has 2 aromatic rings. The van der Waals surface area contributed by atoms with Gasteiger partial charge >= 0.3 is 5.97 Å². The number of carboxylic acids is 1. The number of hydrogen-bond donors (Lipinski definition) is 1. The van der Waals surface area contributed by atoms with Crippen molar-refractivity contribution in [1.82, 2.24) is 9.88 Å². The molecule has 122 valence electrons. The van der Waals surface area contributed by atoms with Crippen LogP contribution in [0.25, 0.3) is 10.2 Å². The number of thiazole rings is 1. The summed E-state index contributed by atoms with van der Waals surface area (Å²) >= 11 is 1.66. The average molecular weight is 332 g/mol. The van der Waals surface area contributed by atoms with Crippen LogP contribution in [0.3, 0.4) is 0 Å². The first-order valence-electron chi connectivity index (χ1n) is 7.94. The summed E-state index contributed by atoms with van der Waals surface area (Å²) in [7, 11) is 0. The van der Waals surface area contributed by atoms with Gasteiger partial charge in [-0.15, -0.1) is 11.3 Å². The Morgan fingerprint density at radius 2 is 2.13 bits per heavy atom. The lowest BCUT2D eigenvalue weighted by Gasteiger charge is -2.26. The number of benzene rings is 1. The molecule has 1 amide bonds. The minimum atomic E-state index is -0.934. The second-order valence-corrected chi connectivity index (χ2v) is 7.09. The van der Waals surface area contributed by atoms with Gasteiger partial charge in [0.25, 0.3) is 0 Å². The van der Waals surface area contributed by atoms with Crippen LogP contribution in [0.5, 0.6) is 0 Å². The van der Waals surface area contributed by atoms with E-state index in [4.69, 9.17) is 5.11 Å². The largest absolute Gasteiger partial charge is 0.480 e. The Morgan fingerprint density at radius 3 is 2.78 bits per heavy atom. The van der Waals surface area contributed by atoms with Crippen LogP contribution in [0, 0.1) is 0 Å². The Morgan fingerprint density at radius 1 is 1.39 bits per heavy atom. The smallest absolute Gasteiger partial charge is 0.326 e. The normalized spacial score (nSPS) is 15.5. The van der Waals surface area contributed by atoms with Crippen LogP contribution in [-0.4, -0.2) is 39.0 Å². The highest BCUT2D eigenvalue weighted by Crippen LogP contribution is 2.30. The third-order valence-electron chi connectivity index (χ3n) is 4.12. The summed E-state index contributed by atoms with van der Waals surface area (Å²) in [6.45, 7) is 1.59. The van der Waals surface area contributed by atoms with Gasteiger partial charge in [-0.3, -0.25) is 4.79 Å². The maximum absolute atomic E-state index is 12.4. The minimum absolute atomic E-state index is 0.0523. The number of para-hydroxylation sites is 1. The molecule has 0 aliphatic heterocycles. The fourth-order valence-electron chi connectivity index (χ4n) is 2.75. The molecule has 0 saturated heterocycles. The highest BCUT2D eigenvalue weighted by Gasteiger charge is 2.37. The number of carboxylic acid groups (broad SMARTS) is 1. The summed E-state index contributed by atoms with van der Waals surface area (Å²) < 4.78 is 1.16. The van der Waals surface area contributed by atoms with Gasteiger partial charge in [0.2, 0.25) is 5.91 Å². The van der Waals surface area contributed by atoms with Gasteiger partial charge in [-0.1, -0.05) is 12.1 Å². The first-order valence-corrected chi connectivity index (χ1v) is 8.76. The summed E-state index contributed by atoms with van der Waals surface area (Å²) in [6, 6.07) is 7.38. The Kier molecular flexibility index (Phi) is 4.61. The van der Waals surface area contributed by atoms with E-state index < -0.39 is 12.0 Å². The van der Waals surface area contributed by atoms with Crippen LogP contribution in [0.1, 0.15) is 37.6 Å². The van der Waals surface area contributed by atoms with Crippen LogP contribution >= 0.6 is 11.3 Å². The first kappa shape index (κ1) is 15.9. The summed E-state index contributed by atoms with van der Waals surface area (Å²) in [4.78, 5) is 29.7. The summed E-state index contributed by atoms with van der Waals surface area (Å²) in [5.74, 6) is -0.986. The van der Waals surface area contributed by atoms with Crippen molar-refractivity contribution in [2.45, 2.75) is 51.1 Å². The van der Waals surface area contributed by atoms with Gasteiger partial charge in [0.05, 0.1) is 15.2 Å². The zero-order valence-corrected chi connectivity index (χ0v) is 13.9. The van der Waals surface area contributed by atoms with Gasteiger partial charge in [0.1, 0.15) is 6.04 Å². The van der Waals surface area contributed by atoms with E-state index in [0.29, 0.717) is 12.8 Å². The molecule has 1 saturated carbocycles. The van der Waals surface area contributed by atoms with Gasteiger partial charge in [-0.25, -0.2) is 9.78 Å². The third kappa shape index (κ3) is 3.69. The van der Waals surface area contributed by atoms with E-state index in [9.17, 15) is 9.59 Å². The van der Waals surface area contributed by atoms with Crippen molar-refractivity contribution in [2.24, 2.45) is 0 Å². The van der Waals surface area contributed by atoms with Crippen molar-refractivity contribution < 1.29 is 14.7 Å². The fourth-order valence-corrected chi connectivity index (χ4v) is 3.76. The molecule has 1 aromatic carbocycles. The molecule has 1 aliphatic carbocycles. The molecule has 1 unspecified atom stereocenters. The first-order chi connectivity index (χ1) is 11.1. The molecule has 1 atom stereocenters. The van der Waals surface area contributed by atoms with Crippen molar-refractivity contribution in [3.8, 4) is 0 Å². The van der Waals surface area contributed by atoms with Crippen molar-refractivity contribution >= 4 is 33.4 Å². The predicted octanol–water partition coefficient (Wildman–Crippen LogP) is 3.08. The number of aryl methyl sites for hydroxylation is 1. The number of carbonyl (C=O) groups excluding carboxylic acids is 1. The maximum atomic E-state index is 12.4. The van der Waals surface area contributed by atoms with Crippen molar-refractivity contribution in [2.75, 3.05) is 0 Å². The van der Waals surface area contributed by atoms with E-state index in [1.807, 2.05) is 24.3 Å². The Balaban J connectivity index is 1.56. The number of fused-ring (bicyclic) bond motifs is 1. The molecule has 23 heavy (non-hydrogen) atoms. The molecule has 1 aliphatic rings. The molecule has 1 heterocycles. The number of amides is 1. The lowest BCUT2D eigenvalue weighted by molar-refractivity contribution is -0.150. The lowest BCUT2D eigenvalue weighted by atomic mass is 10.2. The molecule has 0 radical (unpaired) electrons. The molecular formula is C17H20N2O3S. The van der Waals surface area contributed by atoms with E-state index in [1.54, 1.807) is 23.2 Å². The van der Waals surface area contributed by atoms with Gasteiger partial charge < -0.3 is 10.0 Å². The molecule has 5 nitrogen and oxygen atoms in total. The number of aliphatic carboxylic acids is 1. The molecule has 0 spiro atoms. The fraction of sp³-hybridized carbons (Fsp3) is 0.471. The SMILES string of the molecule is CC(C(=O)O)N(C(=O)CCCc1nc2ccccc2s1)C1CC1. The van der Waals surface area contributed by atoms with E-state index in [0.717, 1.165) is 34.5 Å². The van der Waals surface area contributed by atoms with Crippen LogP contribution in [0.2, 0.25) is 0 Å². The number of aromatic nitrogens is 1. The summed E-state index contributed by atoms with van der Waals surface area (Å²) in [5, 5.41) is 10.2. The van der Waals surface area contributed by atoms with Gasteiger partial charge in [-0.05, 0) is 44.7 Å². The van der Waals surface area contributed by atoms with Crippen LogP contribution in [0.4, 0.5) is 0 Å². The third-order valence-corrected chi connectivity index (χ3v) is 5.22. The van der Waals surface area contributed by atoms with Crippen molar-refractivity contribution in [1.29, 1.82) is 0 Å². The molecule has 1 aromatic heterocycles. The van der Waals surface area contributed by atoms with Crippen LogP contribution in [-0.2, 0) is 16.0 Å². The monoisotopic (exact) mass is 332 g/mol. The predicted molar refractivity (Wildman–Crippen MR) is 89.5 cm³/mol. The topological polar surface area (TPSA) is 70.5 Å². The molecule has 1 fully saturated rings. The standard InChI is InChI=1S/C17H20N2O3S/c1-11(17(21)22)19(12-9-10-12)16(20)8-4-7-15-18-13-5-2-3-6-14(13)23-15/h2-3,5-6,11-12H,4,7-10H2,1H3,(H,21,22). The van der Waals surface area contributed by atoms with E-state index in [1.165, 1.54) is 0 Å². The number of rotatable bonds is 7. The molecule has 6 heteroatoms. The van der Waals surface area contributed by atoms with E-state index >= 15 is 0 Å². The highest BCUT2D eigenvalue weighted by atomic mass is 32.1. The Bertz CT molecular complexity index is 690. The molecule has 1 N–H and O–H groups in total. The van der Waals surface area contributed by atoms with Gasteiger partial charge in [0.15, 0.2) is 0 Å². The average Bonchev–Trinajstić information content (AvgIpc) is 3.25. The quantitative estimate of drug-likeness (QED) is 0.846. The number of hydrogen-bond acceptors (Lipinski definition) is 4. The van der Waals surface area contributed by atoms with E-state index in [-0.39, 0.29) is 11.9 Å². The maximum Gasteiger partial charge on any atom is 0.326 e. The highest BCUT2D eigenvalue weighted by molar-refractivity contribution is 7.18. The lowest BCUT2D eigenvalue weighted by Crippen LogP contribution is -2.44. The van der Waals surface area contributed by atoms with Crippen molar-refractivity contribution in [3.63, 3.8) is 0 Å². The van der Waals surface area contributed by atoms with E-state index in [2.05, 4.69) is 4.98 Å². The van der Waals surface area contributed by atoms with Gasteiger partial charge in [0, 0.05) is 12.5 Å². The Labute approximate surface area is 138 Å².